The fourth-order valence-electron chi connectivity index (χ4n) is 3.26. The Morgan fingerprint density at radius 3 is 1.76 bits per heavy atom. The molecule has 3 aromatic rings. The summed E-state index contributed by atoms with van der Waals surface area (Å²) in [7, 11) is 0. The van der Waals surface area contributed by atoms with E-state index in [1.807, 2.05) is 0 Å². The normalized spacial score (nSPS) is 10.6. The molecule has 0 N–H and O–H groups in total. The summed E-state index contributed by atoms with van der Waals surface area (Å²) in [6.07, 6.45) is 6.29. The maximum atomic E-state index is 2.37. The minimum atomic E-state index is 1.13. The molecule has 0 aliphatic heterocycles. The summed E-state index contributed by atoms with van der Waals surface area (Å²) >= 11 is 0. The third-order valence-electron chi connectivity index (χ3n) is 4.56. The van der Waals surface area contributed by atoms with Gasteiger partial charge in [0.2, 0.25) is 0 Å². The minimum Gasteiger partial charge on any atom is -0.310 e. The topological polar surface area (TPSA) is 3.24 Å². The Kier molecular flexibility index (Phi) is 6.28. The van der Waals surface area contributed by atoms with E-state index in [9.17, 15) is 0 Å². The zero-order chi connectivity index (χ0) is 17.3. The molecule has 0 aliphatic carbocycles. The molecule has 0 saturated heterocycles. The maximum Gasteiger partial charge on any atom is 0.0493 e. The van der Waals surface area contributed by atoms with Crippen LogP contribution in [0.1, 0.15) is 38.2 Å². The molecule has 1 nitrogen and oxygen atoms in total. The van der Waals surface area contributed by atoms with Crippen LogP contribution in [0.4, 0.5) is 17.1 Å². The van der Waals surface area contributed by atoms with Crippen LogP contribution in [0.2, 0.25) is 0 Å². The lowest BCUT2D eigenvalue weighted by Gasteiger charge is -2.27. The van der Waals surface area contributed by atoms with Crippen molar-refractivity contribution in [2.75, 3.05) is 4.90 Å². The third-order valence-corrected chi connectivity index (χ3v) is 4.56. The predicted molar refractivity (Wildman–Crippen MR) is 109 cm³/mol. The van der Waals surface area contributed by atoms with Crippen LogP contribution in [0.25, 0.3) is 0 Å². The van der Waals surface area contributed by atoms with E-state index in [0.29, 0.717) is 0 Å². The highest BCUT2D eigenvalue weighted by atomic mass is 15.1. The van der Waals surface area contributed by atoms with Crippen molar-refractivity contribution in [2.45, 2.75) is 39.0 Å². The molecule has 0 bridgehead atoms. The van der Waals surface area contributed by atoms with E-state index in [-0.39, 0.29) is 0 Å². The zero-order valence-corrected chi connectivity index (χ0v) is 15.1. The van der Waals surface area contributed by atoms with E-state index in [0.717, 1.165) is 6.42 Å². The lowest BCUT2D eigenvalue weighted by Crippen LogP contribution is -2.12. The predicted octanol–water partition coefficient (Wildman–Crippen LogP) is 7.28. The van der Waals surface area contributed by atoms with Crippen molar-refractivity contribution in [3.63, 3.8) is 0 Å². The van der Waals surface area contributed by atoms with Crippen molar-refractivity contribution < 1.29 is 0 Å². The quantitative estimate of drug-likeness (QED) is 0.392. The molecule has 0 amide bonds. The van der Waals surface area contributed by atoms with Gasteiger partial charge in [0.1, 0.15) is 0 Å². The number of anilines is 3. The van der Waals surface area contributed by atoms with Gasteiger partial charge in [0.05, 0.1) is 0 Å². The Balaban J connectivity index is 1.97. The van der Waals surface area contributed by atoms with Crippen LogP contribution in [-0.2, 0) is 6.42 Å². The first-order valence-electron chi connectivity index (χ1n) is 9.38. The Morgan fingerprint density at radius 1 is 0.600 bits per heavy atom. The zero-order valence-electron chi connectivity index (χ0n) is 15.1. The molecule has 0 radical (unpaired) electrons. The average molecular weight is 329 g/mol. The van der Waals surface area contributed by atoms with E-state index in [4.69, 9.17) is 0 Å². The molecule has 0 fully saturated rings. The molecule has 3 rings (SSSR count). The summed E-state index contributed by atoms with van der Waals surface area (Å²) in [5.41, 5.74) is 5.12. The molecule has 128 valence electrons. The molecule has 0 spiro atoms. The summed E-state index contributed by atoms with van der Waals surface area (Å²) in [5, 5.41) is 0. The highest BCUT2D eigenvalue weighted by Gasteiger charge is 2.14. The molecule has 0 aromatic heterocycles. The molecule has 0 aliphatic rings. The number of rotatable bonds is 8. The van der Waals surface area contributed by atoms with Crippen molar-refractivity contribution in [1.29, 1.82) is 0 Å². The van der Waals surface area contributed by atoms with Crippen molar-refractivity contribution in [2.24, 2.45) is 0 Å². The van der Waals surface area contributed by atoms with Crippen LogP contribution < -0.4 is 4.90 Å². The lowest BCUT2D eigenvalue weighted by molar-refractivity contribution is 0.667. The number of aryl methyl sites for hydroxylation is 1. The molecule has 3 aromatic carbocycles. The Labute approximate surface area is 151 Å². The van der Waals surface area contributed by atoms with E-state index < -0.39 is 0 Å². The van der Waals surface area contributed by atoms with E-state index in [1.54, 1.807) is 0 Å². The largest absolute Gasteiger partial charge is 0.310 e. The van der Waals surface area contributed by atoms with Crippen molar-refractivity contribution in [1.82, 2.24) is 0 Å². The highest BCUT2D eigenvalue weighted by Crippen LogP contribution is 2.36. The SMILES string of the molecule is CCCCCCc1ccccc1N(c1ccccc1)c1ccccc1. The molecule has 25 heavy (non-hydrogen) atoms. The molecular formula is C24H27N. The van der Waals surface area contributed by atoms with Crippen LogP contribution in [0, 0.1) is 0 Å². The summed E-state index contributed by atoms with van der Waals surface area (Å²) < 4.78 is 0. The third kappa shape index (κ3) is 4.51. The first-order valence-corrected chi connectivity index (χ1v) is 9.38. The first kappa shape index (κ1) is 17.3. The Bertz CT molecular complexity index is 710. The molecule has 0 unspecified atom stereocenters. The summed E-state index contributed by atoms with van der Waals surface area (Å²) in [6.45, 7) is 2.26. The second-order valence-electron chi connectivity index (χ2n) is 6.45. The van der Waals surface area contributed by atoms with Gasteiger partial charge in [-0.05, 0) is 48.7 Å². The Morgan fingerprint density at radius 2 is 1.16 bits per heavy atom. The van der Waals surface area contributed by atoms with Gasteiger partial charge in [0.15, 0.2) is 0 Å². The molecule has 0 heterocycles. The summed E-state index contributed by atoms with van der Waals surface area (Å²) in [4.78, 5) is 2.37. The van der Waals surface area contributed by atoms with Crippen molar-refractivity contribution >= 4 is 17.1 Å². The number of nitrogens with zero attached hydrogens (tertiary/aromatic N) is 1. The van der Waals surface area contributed by atoms with Crippen LogP contribution in [0.5, 0.6) is 0 Å². The average Bonchev–Trinajstić information content (AvgIpc) is 2.68. The first-order chi connectivity index (χ1) is 12.4. The second-order valence-corrected chi connectivity index (χ2v) is 6.45. The number of hydrogen-bond acceptors (Lipinski definition) is 1. The van der Waals surface area contributed by atoms with Crippen LogP contribution >= 0.6 is 0 Å². The maximum absolute atomic E-state index is 2.37. The minimum absolute atomic E-state index is 1.13. The second kappa shape index (κ2) is 9.08. The summed E-state index contributed by atoms with van der Waals surface area (Å²) in [5.74, 6) is 0. The van der Waals surface area contributed by atoms with Crippen molar-refractivity contribution in [3.8, 4) is 0 Å². The molecule has 0 atom stereocenters. The van der Waals surface area contributed by atoms with Gasteiger partial charge in [-0.15, -0.1) is 0 Å². The van der Waals surface area contributed by atoms with Gasteiger partial charge in [-0.3, -0.25) is 0 Å². The Hall–Kier alpha value is -2.54. The summed E-state index contributed by atoms with van der Waals surface area (Å²) in [6, 6.07) is 30.1. The van der Waals surface area contributed by atoms with E-state index in [1.165, 1.54) is 48.3 Å². The van der Waals surface area contributed by atoms with Gasteiger partial charge in [0.25, 0.3) is 0 Å². The van der Waals surface area contributed by atoms with Gasteiger partial charge < -0.3 is 4.90 Å². The lowest BCUT2D eigenvalue weighted by atomic mass is 10.0. The monoisotopic (exact) mass is 329 g/mol. The smallest absolute Gasteiger partial charge is 0.0493 e. The van der Waals surface area contributed by atoms with Crippen LogP contribution in [0.3, 0.4) is 0 Å². The van der Waals surface area contributed by atoms with E-state index >= 15 is 0 Å². The number of benzene rings is 3. The van der Waals surface area contributed by atoms with Gasteiger partial charge in [-0.25, -0.2) is 0 Å². The fraction of sp³-hybridized carbons (Fsp3) is 0.250. The van der Waals surface area contributed by atoms with Gasteiger partial charge in [-0.1, -0.05) is 80.8 Å². The number of unbranched alkanes of at least 4 members (excludes halogenated alkanes) is 3. The van der Waals surface area contributed by atoms with Crippen LogP contribution in [0.15, 0.2) is 84.9 Å². The fourth-order valence-corrected chi connectivity index (χ4v) is 3.26. The molecular weight excluding hydrogens is 302 g/mol. The van der Waals surface area contributed by atoms with E-state index in [2.05, 4.69) is 96.8 Å². The standard InChI is InChI=1S/C24H27N/c1-2-3-4-7-14-21-15-12-13-20-24(21)25(22-16-8-5-9-17-22)23-18-10-6-11-19-23/h5-6,8-13,15-20H,2-4,7,14H2,1H3. The van der Waals surface area contributed by atoms with Gasteiger partial charge >= 0.3 is 0 Å². The number of para-hydroxylation sites is 3. The number of hydrogen-bond donors (Lipinski definition) is 0. The van der Waals surface area contributed by atoms with Gasteiger partial charge in [0, 0.05) is 17.1 Å². The molecule has 1 heteroatoms. The van der Waals surface area contributed by atoms with Gasteiger partial charge in [-0.2, -0.15) is 0 Å². The molecule has 0 saturated carbocycles. The van der Waals surface area contributed by atoms with Crippen molar-refractivity contribution in [3.05, 3.63) is 90.5 Å². The highest BCUT2D eigenvalue weighted by molar-refractivity contribution is 5.78. The van der Waals surface area contributed by atoms with Crippen LogP contribution in [-0.4, -0.2) is 0 Å².